The van der Waals surface area contributed by atoms with Gasteiger partial charge in [-0.1, -0.05) is 46.8 Å². The number of methoxy groups -OCH3 is 1. The Balaban J connectivity index is 0. The first-order valence-corrected chi connectivity index (χ1v) is 8.75. The van der Waals surface area contributed by atoms with E-state index in [2.05, 4.69) is 5.32 Å². The summed E-state index contributed by atoms with van der Waals surface area (Å²) >= 11 is 0. The maximum atomic E-state index is 11.8. The Kier molecular flexibility index (Phi) is 15.8. The Morgan fingerprint density at radius 3 is 2.00 bits per heavy atom. The summed E-state index contributed by atoms with van der Waals surface area (Å²) in [6.45, 7) is 13.3. The fraction of sp³-hybridized carbons (Fsp3) is 0.632. The van der Waals surface area contributed by atoms with E-state index in [4.69, 9.17) is 4.74 Å². The van der Waals surface area contributed by atoms with Gasteiger partial charge in [0.2, 0.25) is 5.91 Å². The molecule has 4 nitrogen and oxygen atoms in total. The molecular formula is C19H36N2O2. The minimum atomic E-state index is 0.140. The molecular weight excluding hydrogens is 288 g/mol. The van der Waals surface area contributed by atoms with Crippen LogP contribution in [0.15, 0.2) is 24.3 Å². The highest BCUT2D eigenvalue weighted by Crippen LogP contribution is 2.18. The molecule has 0 saturated carbocycles. The Morgan fingerprint density at radius 1 is 1.13 bits per heavy atom. The van der Waals surface area contributed by atoms with Gasteiger partial charge in [0.05, 0.1) is 7.11 Å². The topological polar surface area (TPSA) is 41.6 Å². The molecule has 0 saturated heterocycles. The van der Waals surface area contributed by atoms with Gasteiger partial charge in [0.15, 0.2) is 0 Å². The van der Waals surface area contributed by atoms with Crippen LogP contribution in [0.25, 0.3) is 0 Å². The second-order valence-electron chi connectivity index (χ2n) is 4.40. The van der Waals surface area contributed by atoms with Crippen molar-refractivity contribution in [1.29, 1.82) is 0 Å². The number of nitrogens with zero attached hydrogens (tertiary/aromatic N) is 1. The van der Waals surface area contributed by atoms with E-state index in [1.807, 2.05) is 77.8 Å². The number of rotatable bonds is 7. The Labute approximate surface area is 143 Å². The number of likely N-dealkylation sites (N-methyl/N-ethyl adjacent to an activating group) is 2. The second-order valence-corrected chi connectivity index (χ2v) is 4.40. The Morgan fingerprint density at radius 2 is 1.65 bits per heavy atom. The van der Waals surface area contributed by atoms with Crippen LogP contribution in [0.3, 0.4) is 0 Å². The maximum Gasteiger partial charge on any atom is 0.222 e. The summed E-state index contributed by atoms with van der Waals surface area (Å²) in [5, 5.41) is 3.26. The van der Waals surface area contributed by atoms with Crippen molar-refractivity contribution in [1.82, 2.24) is 10.2 Å². The zero-order valence-electron chi connectivity index (χ0n) is 16.3. The van der Waals surface area contributed by atoms with Crippen molar-refractivity contribution in [2.75, 3.05) is 27.2 Å². The predicted molar refractivity (Wildman–Crippen MR) is 100 cm³/mol. The zero-order chi connectivity index (χ0) is 18.3. The van der Waals surface area contributed by atoms with Crippen LogP contribution in [0.5, 0.6) is 5.75 Å². The van der Waals surface area contributed by atoms with Crippen LogP contribution in [0.1, 0.15) is 59.6 Å². The molecule has 1 aromatic rings. The van der Waals surface area contributed by atoms with Gasteiger partial charge in [-0.15, -0.1) is 0 Å². The van der Waals surface area contributed by atoms with Crippen LogP contribution in [0, 0.1) is 0 Å². The second kappa shape index (κ2) is 15.3. The van der Waals surface area contributed by atoms with Crippen molar-refractivity contribution in [2.45, 2.75) is 54.0 Å². The standard InChI is InChI=1S/C15H24N2O2.2C2H6/c1-5-15(18)17(6-2)11-14(16-3)12-7-9-13(19-4)10-8-12;2*1-2/h7-10,14,16H,5-6,11H2,1-4H3;2*1-2H3. The third kappa shape index (κ3) is 8.60. The lowest BCUT2D eigenvalue weighted by Gasteiger charge is -2.26. The lowest BCUT2D eigenvalue weighted by molar-refractivity contribution is -0.131. The molecule has 1 unspecified atom stereocenters. The molecule has 0 radical (unpaired) electrons. The predicted octanol–water partition coefficient (Wildman–Crippen LogP) is 4.27. The lowest BCUT2D eigenvalue weighted by Crippen LogP contribution is -2.37. The highest BCUT2D eigenvalue weighted by atomic mass is 16.5. The van der Waals surface area contributed by atoms with Crippen LogP contribution in [0.2, 0.25) is 0 Å². The minimum Gasteiger partial charge on any atom is -0.497 e. The van der Waals surface area contributed by atoms with Gasteiger partial charge in [-0.05, 0) is 31.7 Å². The van der Waals surface area contributed by atoms with Crippen molar-refractivity contribution in [3.8, 4) is 5.75 Å². The summed E-state index contributed by atoms with van der Waals surface area (Å²) in [7, 11) is 3.57. The molecule has 0 aliphatic carbocycles. The smallest absolute Gasteiger partial charge is 0.222 e. The third-order valence-corrected chi connectivity index (χ3v) is 3.31. The number of carbonyl (C=O) groups excluding carboxylic acids is 1. The number of ether oxygens (including phenoxy) is 1. The first-order chi connectivity index (χ1) is 11.2. The number of nitrogens with one attached hydrogen (secondary N) is 1. The van der Waals surface area contributed by atoms with Gasteiger partial charge in [-0.3, -0.25) is 4.79 Å². The summed E-state index contributed by atoms with van der Waals surface area (Å²) in [4.78, 5) is 13.7. The molecule has 1 atom stereocenters. The monoisotopic (exact) mass is 324 g/mol. The lowest BCUT2D eigenvalue weighted by atomic mass is 10.1. The molecule has 0 heterocycles. The largest absolute Gasteiger partial charge is 0.497 e. The highest BCUT2D eigenvalue weighted by molar-refractivity contribution is 5.75. The quantitative estimate of drug-likeness (QED) is 0.814. The molecule has 0 aliphatic rings. The van der Waals surface area contributed by atoms with Crippen molar-refractivity contribution in [2.24, 2.45) is 0 Å². The zero-order valence-corrected chi connectivity index (χ0v) is 16.3. The molecule has 0 spiro atoms. The first-order valence-electron chi connectivity index (χ1n) is 8.75. The molecule has 1 N–H and O–H groups in total. The van der Waals surface area contributed by atoms with E-state index in [1.165, 1.54) is 0 Å². The molecule has 23 heavy (non-hydrogen) atoms. The molecule has 1 rings (SSSR count). The molecule has 1 aromatic carbocycles. The van der Waals surface area contributed by atoms with Crippen LogP contribution < -0.4 is 10.1 Å². The van der Waals surface area contributed by atoms with Gasteiger partial charge >= 0.3 is 0 Å². The van der Waals surface area contributed by atoms with E-state index in [9.17, 15) is 4.79 Å². The van der Waals surface area contributed by atoms with E-state index >= 15 is 0 Å². The molecule has 0 aliphatic heterocycles. The number of hydrogen-bond acceptors (Lipinski definition) is 3. The fourth-order valence-corrected chi connectivity index (χ4v) is 2.05. The summed E-state index contributed by atoms with van der Waals surface area (Å²) in [6.07, 6.45) is 0.548. The van der Waals surface area contributed by atoms with Crippen molar-refractivity contribution in [3.63, 3.8) is 0 Å². The van der Waals surface area contributed by atoms with Gasteiger partial charge in [0.1, 0.15) is 5.75 Å². The SMILES string of the molecule is CC.CC.CCC(=O)N(CC)CC(NC)c1ccc(OC)cc1. The summed E-state index contributed by atoms with van der Waals surface area (Å²) in [6, 6.07) is 8.09. The molecule has 0 aromatic heterocycles. The van der Waals surface area contributed by atoms with Crippen molar-refractivity contribution in [3.05, 3.63) is 29.8 Å². The van der Waals surface area contributed by atoms with Crippen molar-refractivity contribution < 1.29 is 9.53 Å². The van der Waals surface area contributed by atoms with Crippen LogP contribution >= 0.6 is 0 Å². The average Bonchev–Trinajstić information content (AvgIpc) is 2.65. The van der Waals surface area contributed by atoms with Gasteiger partial charge in [0.25, 0.3) is 0 Å². The number of hydrogen-bond donors (Lipinski definition) is 1. The summed E-state index contributed by atoms with van der Waals surface area (Å²) in [5.41, 5.74) is 1.16. The first kappa shape index (κ1) is 23.7. The maximum absolute atomic E-state index is 11.8. The van der Waals surface area contributed by atoms with Gasteiger partial charge in [-0.2, -0.15) is 0 Å². The van der Waals surface area contributed by atoms with E-state index < -0.39 is 0 Å². The Hall–Kier alpha value is -1.55. The number of carbonyl (C=O) groups is 1. The normalized spacial score (nSPS) is 10.4. The molecule has 1 amide bonds. The van der Waals surface area contributed by atoms with Crippen molar-refractivity contribution >= 4 is 5.91 Å². The van der Waals surface area contributed by atoms with E-state index in [0.717, 1.165) is 17.9 Å². The molecule has 4 heteroatoms. The fourth-order valence-electron chi connectivity index (χ4n) is 2.05. The molecule has 134 valence electrons. The average molecular weight is 325 g/mol. The van der Waals surface area contributed by atoms with E-state index in [1.54, 1.807) is 7.11 Å². The van der Waals surface area contributed by atoms with Gasteiger partial charge in [-0.25, -0.2) is 0 Å². The molecule has 0 bridgehead atoms. The molecule has 0 fully saturated rings. The number of benzene rings is 1. The van der Waals surface area contributed by atoms with Crippen LogP contribution in [0.4, 0.5) is 0 Å². The highest BCUT2D eigenvalue weighted by Gasteiger charge is 2.16. The summed E-state index contributed by atoms with van der Waals surface area (Å²) in [5.74, 6) is 1.03. The minimum absolute atomic E-state index is 0.140. The summed E-state index contributed by atoms with van der Waals surface area (Å²) < 4.78 is 5.16. The van der Waals surface area contributed by atoms with Crippen LogP contribution in [-0.2, 0) is 4.79 Å². The Bertz CT molecular complexity index is 391. The number of amides is 1. The van der Waals surface area contributed by atoms with Crippen LogP contribution in [-0.4, -0.2) is 38.1 Å². The van der Waals surface area contributed by atoms with E-state index in [0.29, 0.717) is 13.0 Å². The van der Waals surface area contributed by atoms with Gasteiger partial charge < -0.3 is 15.0 Å². The third-order valence-electron chi connectivity index (χ3n) is 3.31. The van der Waals surface area contributed by atoms with E-state index in [-0.39, 0.29) is 11.9 Å². The van der Waals surface area contributed by atoms with Gasteiger partial charge in [0, 0.05) is 25.6 Å².